The van der Waals surface area contributed by atoms with Crippen molar-refractivity contribution >= 4 is 17.9 Å². The van der Waals surface area contributed by atoms with Crippen LogP contribution in [0.4, 0.5) is 0 Å². The lowest BCUT2D eigenvalue weighted by Gasteiger charge is -2.18. The molecule has 0 bridgehead atoms. The predicted octanol–water partition coefficient (Wildman–Crippen LogP) is 2.92. The van der Waals surface area contributed by atoms with Crippen molar-refractivity contribution in [3.8, 4) is 5.75 Å². The normalized spacial score (nSPS) is 11.2. The van der Waals surface area contributed by atoms with Crippen molar-refractivity contribution < 1.29 is 14.3 Å². The number of methoxy groups -OCH3 is 1. The van der Waals surface area contributed by atoms with Gasteiger partial charge in [0.05, 0.1) is 7.11 Å². The smallest absolute Gasteiger partial charge is 0.267 e. The molecule has 0 saturated carbocycles. The van der Waals surface area contributed by atoms with Crippen LogP contribution < -0.4 is 15.4 Å². The fourth-order valence-electron chi connectivity index (χ4n) is 2.80. The SMILES string of the molecule is CCN(CC)CCNC(=O)/C(=C\c1cccc(OC)c1)NC(=O)c1ccccc1. The van der Waals surface area contributed by atoms with Gasteiger partial charge in [-0.25, -0.2) is 0 Å². The van der Waals surface area contributed by atoms with E-state index >= 15 is 0 Å². The molecule has 6 nitrogen and oxygen atoms in total. The second-order valence-corrected chi connectivity index (χ2v) is 6.44. The average Bonchev–Trinajstić information content (AvgIpc) is 2.76. The van der Waals surface area contributed by atoms with E-state index in [1.54, 1.807) is 43.5 Å². The standard InChI is InChI=1S/C23H29N3O3/c1-4-26(5-2)15-14-24-23(28)21(17-18-10-9-13-20(16-18)29-3)25-22(27)19-11-7-6-8-12-19/h6-13,16-17H,4-5,14-15H2,1-3H3,(H,24,28)(H,25,27)/b21-17+. The topological polar surface area (TPSA) is 70.7 Å². The fraction of sp³-hybridized carbons (Fsp3) is 0.304. The van der Waals surface area contributed by atoms with E-state index in [-0.39, 0.29) is 17.5 Å². The lowest BCUT2D eigenvalue weighted by atomic mass is 10.1. The maximum Gasteiger partial charge on any atom is 0.267 e. The van der Waals surface area contributed by atoms with Crippen LogP contribution in [0.3, 0.4) is 0 Å². The minimum absolute atomic E-state index is 0.187. The van der Waals surface area contributed by atoms with E-state index in [0.717, 1.165) is 25.2 Å². The van der Waals surface area contributed by atoms with Crippen molar-refractivity contribution in [2.75, 3.05) is 33.3 Å². The first-order valence-corrected chi connectivity index (χ1v) is 9.80. The molecule has 2 amide bonds. The molecule has 154 valence electrons. The van der Waals surface area contributed by atoms with Gasteiger partial charge in [0.1, 0.15) is 11.4 Å². The van der Waals surface area contributed by atoms with Crippen LogP contribution in [-0.2, 0) is 4.79 Å². The summed E-state index contributed by atoms with van der Waals surface area (Å²) < 4.78 is 5.24. The highest BCUT2D eigenvalue weighted by Gasteiger charge is 2.15. The zero-order valence-corrected chi connectivity index (χ0v) is 17.3. The quantitative estimate of drug-likeness (QED) is 0.607. The maximum absolute atomic E-state index is 12.8. The second kappa shape index (κ2) is 11.7. The zero-order chi connectivity index (χ0) is 21.1. The Morgan fingerprint density at radius 2 is 1.76 bits per heavy atom. The van der Waals surface area contributed by atoms with E-state index in [9.17, 15) is 9.59 Å². The molecule has 29 heavy (non-hydrogen) atoms. The molecule has 0 atom stereocenters. The lowest BCUT2D eigenvalue weighted by molar-refractivity contribution is -0.117. The molecule has 2 aromatic rings. The Hall–Kier alpha value is -3.12. The molecule has 0 saturated heterocycles. The summed E-state index contributed by atoms with van der Waals surface area (Å²) in [5, 5.41) is 5.63. The molecule has 0 aliphatic rings. The highest BCUT2D eigenvalue weighted by Crippen LogP contribution is 2.15. The lowest BCUT2D eigenvalue weighted by Crippen LogP contribution is -2.39. The van der Waals surface area contributed by atoms with Gasteiger partial charge in [0.2, 0.25) is 0 Å². The van der Waals surface area contributed by atoms with Gasteiger partial charge in [0.25, 0.3) is 11.8 Å². The van der Waals surface area contributed by atoms with Gasteiger partial charge < -0.3 is 20.3 Å². The second-order valence-electron chi connectivity index (χ2n) is 6.44. The van der Waals surface area contributed by atoms with Gasteiger partial charge in [-0.2, -0.15) is 0 Å². The Morgan fingerprint density at radius 3 is 2.41 bits per heavy atom. The van der Waals surface area contributed by atoms with E-state index < -0.39 is 0 Å². The first kappa shape index (κ1) is 22.2. The number of amides is 2. The molecular formula is C23H29N3O3. The summed E-state index contributed by atoms with van der Waals surface area (Å²) in [6.07, 6.45) is 1.65. The van der Waals surface area contributed by atoms with Gasteiger partial charge in [-0.15, -0.1) is 0 Å². The maximum atomic E-state index is 12.8. The summed E-state index contributed by atoms with van der Waals surface area (Å²) in [6.45, 7) is 7.25. The van der Waals surface area contributed by atoms with E-state index in [1.165, 1.54) is 0 Å². The summed E-state index contributed by atoms with van der Waals surface area (Å²) in [6, 6.07) is 16.1. The molecule has 0 aromatic heterocycles. The van der Waals surface area contributed by atoms with Crippen LogP contribution in [-0.4, -0.2) is 50.0 Å². The third-order valence-electron chi connectivity index (χ3n) is 4.54. The molecule has 0 fully saturated rings. The third kappa shape index (κ3) is 7.08. The zero-order valence-electron chi connectivity index (χ0n) is 17.3. The van der Waals surface area contributed by atoms with Crippen LogP contribution >= 0.6 is 0 Å². The molecule has 0 radical (unpaired) electrons. The Labute approximate surface area is 172 Å². The number of carbonyl (C=O) groups is 2. The van der Waals surface area contributed by atoms with Gasteiger partial charge in [-0.3, -0.25) is 9.59 Å². The number of hydrogen-bond acceptors (Lipinski definition) is 4. The monoisotopic (exact) mass is 395 g/mol. The summed E-state index contributed by atoms with van der Waals surface area (Å²) in [7, 11) is 1.58. The summed E-state index contributed by atoms with van der Waals surface area (Å²) in [4.78, 5) is 27.6. The van der Waals surface area contributed by atoms with Crippen molar-refractivity contribution in [2.24, 2.45) is 0 Å². The highest BCUT2D eigenvalue weighted by atomic mass is 16.5. The Balaban J connectivity index is 2.18. The molecular weight excluding hydrogens is 366 g/mol. The summed E-state index contributed by atoms with van der Waals surface area (Å²) in [5.74, 6) is 0.0114. The van der Waals surface area contributed by atoms with Crippen LogP contribution in [0, 0.1) is 0 Å². The number of benzene rings is 2. The molecule has 0 aliphatic heterocycles. The number of nitrogens with one attached hydrogen (secondary N) is 2. The number of carbonyl (C=O) groups excluding carboxylic acids is 2. The number of rotatable bonds is 10. The molecule has 0 aliphatic carbocycles. The molecule has 6 heteroatoms. The van der Waals surface area contributed by atoms with Crippen LogP contribution in [0.25, 0.3) is 6.08 Å². The molecule has 2 rings (SSSR count). The van der Waals surface area contributed by atoms with Crippen molar-refractivity contribution in [2.45, 2.75) is 13.8 Å². The number of likely N-dealkylation sites (N-methyl/N-ethyl adjacent to an activating group) is 1. The Morgan fingerprint density at radius 1 is 1.03 bits per heavy atom. The Bertz CT molecular complexity index is 830. The van der Waals surface area contributed by atoms with Crippen LogP contribution in [0.2, 0.25) is 0 Å². The molecule has 2 aromatic carbocycles. The van der Waals surface area contributed by atoms with Gasteiger partial charge in [0, 0.05) is 18.7 Å². The molecule has 0 heterocycles. The number of ether oxygens (including phenoxy) is 1. The third-order valence-corrected chi connectivity index (χ3v) is 4.54. The van der Waals surface area contributed by atoms with Crippen molar-refractivity contribution in [3.05, 3.63) is 71.4 Å². The number of hydrogen-bond donors (Lipinski definition) is 2. The summed E-state index contributed by atoms with van der Waals surface area (Å²) >= 11 is 0. The van der Waals surface area contributed by atoms with E-state index in [4.69, 9.17) is 4.74 Å². The van der Waals surface area contributed by atoms with Crippen molar-refractivity contribution in [3.63, 3.8) is 0 Å². The van der Waals surface area contributed by atoms with E-state index in [2.05, 4.69) is 29.4 Å². The van der Waals surface area contributed by atoms with E-state index in [1.807, 2.05) is 24.3 Å². The molecule has 0 unspecified atom stereocenters. The van der Waals surface area contributed by atoms with Crippen LogP contribution in [0.5, 0.6) is 5.75 Å². The average molecular weight is 396 g/mol. The first-order chi connectivity index (χ1) is 14.1. The van der Waals surface area contributed by atoms with Crippen molar-refractivity contribution in [1.82, 2.24) is 15.5 Å². The molecule has 0 spiro atoms. The predicted molar refractivity (Wildman–Crippen MR) is 116 cm³/mol. The minimum Gasteiger partial charge on any atom is -0.497 e. The van der Waals surface area contributed by atoms with Crippen LogP contribution in [0.1, 0.15) is 29.8 Å². The fourth-order valence-corrected chi connectivity index (χ4v) is 2.80. The van der Waals surface area contributed by atoms with E-state index in [0.29, 0.717) is 17.9 Å². The number of nitrogens with zero attached hydrogens (tertiary/aromatic N) is 1. The van der Waals surface area contributed by atoms with Crippen molar-refractivity contribution in [1.29, 1.82) is 0 Å². The first-order valence-electron chi connectivity index (χ1n) is 9.80. The van der Waals surface area contributed by atoms with Gasteiger partial charge >= 0.3 is 0 Å². The molecule has 2 N–H and O–H groups in total. The largest absolute Gasteiger partial charge is 0.497 e. The summed E-state index contributed by atoms with van der Waals surface area (Å²) in [5.41, 5.74) is 1.43. The van der Waals surface area contributed by atoms with Gasteiger partial charge in [-0.1, -0.05) is 44.2 Å². The van der Waals surface area contributed by atoms with Gasteiger partial charge in [-0.05, 0) is 49.0 Å². The Kier molecular flexibility index (Phi) is 8.92. The van der Waals surface area contributed by atoms with Crippen LogP contribution in [0.15, 0.2) is 60.3 Å². The highest BCUT2D eigenvalue weighted by molar-refractivity contribution is 6.05. The minimum atomic E-state index is -0.335. The van der Waals surface area contributed by atoms with Gasteiger partial charge in [0.15, 0.2) is 0 Å².